The minimum atomic E-state index is 0.0769. The maximum absolute atomic E-state index is 12.9. The summed E-state index contributed by atoms with van der Waals surface area (Å²) in [6.07, 6.45) is 3.71. The topological polar surface area (TPSA) is 73.8 Å². The Morgan fingerprint density at radius 3 is 2.89 bits per heavy atom. The second kappa shape index (κ2) is 7.52. The lowest BCUT2D eigenvalue weighted by atomic mass is 10.2. The Hall–Kier alpha value is -2.45. The molecule has 0 spiro atoms. The van der Waals surface area contributed by atoms with E-state index in [0.29, 0.717) is 29.6 Å². The molecule has 0 bridgehead atoms. The summed E-state index contributed by atoms with van der Waals surface area (Å²) in [6.45, 7) is 0. The van der Waals surface area contributed by atoms with Gasteiger partial charge in [-0.3, -0.25) is 9.36 Å². The summed E-state index contributed by atoms with van der Waals surface area (Å²) in [5.41, 5.74) is 0.845. The largest absolute Gasteiger partial charge is 0.339 e. The third-order valence-electron chi connectivity index (χ3n) is 4.66. The number of thiophene rings is 1. The number of para-hydroxylation sites is 1. The molecule has 1 aliphatic rings. The number of benzene rings is 1. The zero-order valence-corrected chi connectivity index (χ0v) is 16.7. The molecule has 1 saturated carbocycles. The molecule has 1 fully saturated rings. The Bertz CT molecular complexity index is 1160. The van der Waals surface area contributed by atoms with E-state index in [9.17, 15) is 4.79 Å². The lowest BCUT2D eigenvalue weighted by Crippen LogP contribution is -2.22. The Kier molecular flexibility index (Phi) is 4.74. The van der Waals surface area contributed by atoms with Crippen molar-refractivity contribution in [3.63, 3.8) is 0 Å². The van der Waals surface area contributed by atoms with E-state index in [2.05, 4.69) is 10.1 Å². The van der Waals surface area contributed by atoms with Crippen LogP contribution in [-0.2, 0) is 6.42 Å². The molecular weight excluding hydrogens is 392 g/mol. The molecule has 3 aromatic heterocycles. The summed E-state index contributed by atoms with van der Waals surface area (Å²) in [5.74, 6) is 2.14. The van der Waals surface area contributed by atoms with Crippen LogP contribution in [0.2, 0.25) is 0 Å². The number of rotatable bonds is 7. The quantitative estimate of drug-likeness (QED) is 0.252. The normalized spacial score (nSPS) is 14.0. The van der Waals surface area contributed by atoms with Crippen molar-refractivity contribution in [1.29, 1.82) is 0 Å². The molecule has 3 heterocycles. The van der Waals surface area contributed by atoms with E-state index in [1.54, 1.807) is 23.1 Å². The lowest BCUT2D eigenvalue weighted by molar-refractivity contribution is 0.378. The molecule has 0 atom stereocenters. The first kappa shape index (κ1) is 17.6. The van der Waals surface area contributed by atoms with Gasteiger partial charge in [-0.2, -0.15) is 4.98 Å². The van der Waals surface area contributed by atoms with Gasteiger partial charge in [-0.1, -0.05) is 35.1 Å². The highest BCUT2D eigenvalue weighted by Crippen LogP contribution is 2.37. The van der Waals surface area contributed by atoms with Crippen molar-refractivity contribution in [2.24, 2.45) is 0 Å². The van der Waals surface area contributed by atoms with Crippen LogP contribution in [0, 0.1) is 0 Å². The highest BCUT2D eigenvalue weighted by molar-refractivity contribution is 7.99. The van der Waals surface area contributed by atoms with Crippen LogP contribution < -0.4 is 5.56 Å². The summed E-state index contributed by atoms with van der Waals surface area (Å²) >= 11 is 3.23. The first-order chi connectivity index (χ1) is 13.8. The van der Waals surface area contributed by atoms with Crippen LogP contribution in [-0.4, -0.2) is 25.4 Å². The Morgan fingerprint density at radius 1 is 1.18 bits per heavy atom. The molecule has 0 radical (unpaired) electrons. The van der Waals surface area contributed by atoms with Gasteiger partial charge in [0.2, 0.25) is 11.7 Å². The molecule has 0 saturated heterocycles. The van der Waals surface area contributed by atoms with Crippen LogP contribution in [0.25, 0.3) is 21.6 Å². The van der Waals surface area contributed by atoms with Crippen LogP contribution in [0.5, 0.6) is 0 Å². The highest BCUT2D eigenvalue weighted by Gasteiger charge is 2.28. The van der Waals surface area contributed by atoms with Gasteiger partial charge in [0.15, 0.2) is 5.16 Å². The van der Waals surface area contributed by atoms with E-state index >= 15 is 0 Å². The second-order valence-electron chi connectivity index (χ2n) is 6.76. The number of aromatic nitrogens is 4. The monoisotopic (exact) mass is 410 g/mol. The van der Waals surface area contributed by atoms with Crippen molar-refractivity contribution in [2.45, 2.75) is 36.9 Å². The van der Waals surface area contributed by atoms with Crippen LogP contribution in [0.15, 0.2) is 56.3 Å². The van der Waals surface area contributed by atoms with Crippen molar-refractivity contribution in [3.8, 4) is 10.7 Å². The van der Waals surface area contributed by atoms with Gasteiger partial charge < -0.3 is 4.52 Å². The zero-order valence-electron chi connectivity index (χ0n) is 15.1. The fraction of sp³-hybridized carbons (Fsp3) is 0.300. The minimum absolute atomic E-state index is 0.0769. The average Bonchev–Trinajstić information content (AvgIpc) is 3.19. The third-order valence-corrected chi connectivity index (χ3v) is 6.57. The number of nitrogens with zero attached hydrogens (tertiary/aromatic N) is 4. The molecule has 4 aromatic rings. The predicted octanol–water partition coefficient (Wildman–Crippen LogP) is 4.57. The van der Waals surface area contributed by atoms with E-state index < -0.39 is 0 Å². The van der Waals surface area contributed by atoms with Crippen molar-refractivity contribution in [1.82, 2.24) is 19.7 Å². The first-order valence-electron chi connectivity index (χ1n) is 9.30. The summed E-state index contributed by atoms with van der Waals surface area (Å²) in [4.78, 5) is 23.1. The molecule has 5 rings (SSSR count). The van der Waals surface area contributed by atoms with Crippen molar-refractivity contribution in [2.75, 3.05) is 5.75 Å². The Morgan fingerprint density at radius 2 is 2.07 bits per heavy atom. The van der Waals surface area contributed by atoms with Gasteiger partial charge in [0.25, 0.3) is 5.56 Å². The molecule has 0 amide bonds. The number of hydrogen-bond acceptors (Lipinski definition) is 7. The standard InChI is InChI=1S/C20H18N4O2S2/c25-19-14-5-1-2-6-15(14)21-20(24(19)13-9-10-13)28-12-4-8-17-22-18(23-26-17)16-7-3-11-27-16/h1-3,5-7,11,13H,4,8-10,12H2. The molecule has 0 aliphatic heterocycles. The SMILES string of the molecule is O=c1c2ccccc2nc(SCCCc2nc(-c3cccs3)no2)n1C1CC1. The minimum Gasteiger partial charge on any atom is -0.339 e. The van der Waals surface area contributed by atoms with E-state index in [-0.39, 0.29) is 5.56 Å². The van der Waals surface area contributed by atoms with Gasteiger partial charge in [0.05, 0.1) is 15.8 Å². The van der Waals surface area contributed by atoms with Gasteiger partial charge in [-0.25, -0.2) is 4.98 Å². The summed E-state index contributed by atoms with van der Waals surface area (Å²) in [7, 11) is 0. The molecule has 6 nitrogen and oxygen atoms in total. The molecule has 142 valence electrons. The average molecular weight is 411 g/mol. The molecule has 1 aromatic carbocycles. The fourth-order valence-electron chi connectivity index (χ4n) is 3.13. The molecule has 0 unspecified atom stereocenters. The highest BCUT2D eigenvalue weighted by atomic mass is 32.2. The van der Waals surface area contributed by atoms with Gasteiger partial charge in [-0.05, 0) is 42.8 Å². The summed E-state index contributed by atoms with van der Waals surface area (Å²) in [5, 5.41) is 7.56. The smallest absolute Gasteiger partial charge is 0.262 e. The van der Waals surface area contributed by atoms with E-state index in [0.717, 1.165) is 40.6 Å². The molecular formula is C20H18N4O2S2. The van der Waals surface area contributed by atoms with E-state index in [1.807, 2.05) is 46.3 Å². The maximum atomic E-state index is 12.9. The first-order valence-corrected chi connectivity index (χ1v) is 11.2. The van der Waals surface area contributed by atoms with Crippen molar-refractivity contribution < 1.29 is 4.52 Å². The maximum Gasteiger partial charge on any atom is 0.262 e. The fourth-order valence-corrected chi connectivity index (χ4v) is 4.79. The molecule has 28 heavy (non-hydrogen) atoms. The third kappa shape index (κ3) is 3.49. The Labute approximate surface area is 169 Å². The van der Waals surface area contributed by atoms with E-state index in [1.165, 1.54) is 0 Å². The van der Waals surface area contributed by atoms with Crippen LogP contribution in [0.4, 0.5) is 0 Å². The molecule has 1 aliphatic carbocycles. The van der Waals surface area contributed by atoms with Gasteiger partial charge in [0, 0.05) is 18.2 Å². The summed E-state index contributed by atoms with van der Waals surface area (Å²) in [6, 6.07) is 11.8. The van der Waals surface area contributed by atoms with Crippen LogP contribution in [0.1, 0.15) is 31.2 Å². The number of thioether (sulfide) groups is 1. The Balaban J connectivity index is 1.27. The lowest BCUT2D eigenvalue weighted by Gasteiger charge is -2.11. The van der Waals surface area contributed by atoms with Crippen LogP contribution in [0.3, 0.4) is 0 Å². The van der Waals surface area contributed by atoms with Gasteiger partial charge >= 0.3 is 0 Å². The second-order valence-corrected chi connectivity index (χ2v) is 8.77. The van der Waals surface area contributed by atoms with Crippen molar-refractivity contribution in [3.05, 3.63) is 58.0 Å². The number of fused-ring (bicyclic) bond motifs is 1. The van der Waals surface area contributed by atoms with Crippen LogP contribution >= 0.6 is 23.1 Å². The van der Waals surface area contributed by atoms with Gasteiger partial charge in [-0.15, -0.1) is 11.3 Å². The van der Waals surface area contributed by atoms with Gasteiger partial charge in [0.1, 0.15) is 0 Å². The number of aryl methyl sites for hydroxylation is 1. The predicted molar refractivity (Wildman–Crippen MR) is 111 cm³/mol. The number of hydrogen-bond donors (Lipinski definition) is 0. The van der Waals surface area contributed by atoms with E-state index in [4.69, 9.17) is 9.51 Å². The molecule has 0 N–H and O–H groups in total. The zero-order chi connectivity index (χ0) is 18.9. The molecule has 8 heteroatoms. The van der Waals surface area contributed by atoms with Crippen molar-refractivity contribution >= 4 is 34.0 Å². The summed E-state index contributed by atoms with van der Waals surface area (Å²) < 4.78 is 7.24.